The molecule has 0 unspecified atom stereocenters. The highest BCUT2D eigenvalue weighted by atomic mass is 32.1. The number of piperazine rings is 1. The lowest BCUT2D eigenvalue weighted by Crippen LogP contribution is -2.44. The quantitative estimate of drug-likeness (QED) is 0.586. The van der Waals surface area contributed by atoms with Crippen LogP contribution in [0.2, 0.25) is 0 Å². The number of imidazole rings is 1. The summed E-state index contributed by atoms with van der Waals surface area (Å²) in [6.07, 6.45) is 1.85. The smallest absolute Gasteiger partial charge is 0.170 e. The van der Waals surface area contributed by atoms with Crippen molar-refractivity contribution in [1.29, 1.82) is 0 Å². The van der Waals surface area contributed by atoms with Gasteiger partial charge >= 0.3 is 0 Å². The fourth-order valence-electron chi connectivity index (χ4n) is 3.63. The third kappa shape index (κ3) is 2.73. The lowest BCUT2D eigenvalue weighted by Gasteiger charge is -2.27. The van der Waals surface area contributed by atoms with Crippen LogP contribution in [-0.2, 0) is 6.54 Å². The summed E-state index contributed by atoms with van der Waals surface area (Å²) in [5, 5.41) is 8.53. The molecule has 1 aliphatic rings. The molecule has 8 heteroatoms. The number of hydrogen-bond donors (Lipinski definition) is 1. The van der Waals surface area contributed by atoms with Gasteiger partial charge in [-0.15, -0.1) is 22.7 Å². The predicted molar refractivity (Wildman–Crippen MR) is 108 cm³/mol. The molecule has 4 aromatic rings. The van der Waals surface area contributed by atoms with Gasteiger partial charge in [-0.3, -0.25) is 4.90 Å². The average molecular weight is 385 g/mol. The summed E-state index contributed by atoms with van der Waals surface area (Å²) in [6, 6.07) is 2.10. The van der Waals surface area contributed by atoms with Gasteiger partial charge in [0.2, 0.25) is 0 Å². The number of hydrogen-bond acceptors (Lipinski definition) is 7. The highest BCUT2D eigenvalue weighted by Gasteiger charge is 2.20. The van der Waals surface area contributed by atoms with E-state index in [9.17, 15) is 0 Å². The molecule has 0 saturated carbocycles. The SMILES string of the molecule is Cc1nc2ccsc2c2c1nc(-c1nccs1)n2CCN1CCNCC1. The maximum absolute atomic E-state index is 4.97. The van der Waals surface area contributed by atoms with E-state index in [2.05, 4.69) is 38.1 Å². The summed E-state index contributed by atoms with van der Waals surface area (Å²) >= 11 is 3.39. The first kappa shape index (κ1) is 16.3. The van der Waals surface area contributed by atoms with Gasteiger partial charge in [-0.05, 0) is 18.4 Å². The lowest BCUT2D eigenvalue weighted by atomic mass is 10.3. The van der Waals surface area contributed by atoms with Crippen LogP contribution in [0.1, 0.15) is 5.69 Å². The summed E-state index contributed by atoms with van der Waals surface area (Å²) in [5.74, 6) is 0.968. The first-order valence-electron chi connectivity index (χ1n) is 8.88. The van der Waals surface area contributed by atoms with Crippen LogP contribution in [0.3, 0.4) is 0 Å². The van der Waals surface area contributed by atoms with Crippen molar-refractivity contribution >= 4 is 43.9 Å². The molecule has 134 valence electrons. The Labute approximate surface area is 159 Å². The Bertz CT molecular complexity index is 1040. The van der Waals surface area contributed by atoms with Crippen LogP contribution >= 0.6 is 22.7 Å². The Kier molecular flexibility index (Phi) is 4.20. The minimum Gasteiger partial charge on any atom is -0.319 e. The van der Waals surface area contributed by atoms with Gasteiger partial charge in [0.25, 0.3) is 0 Å². The molecule has 0 bridgehead atoms. The molecule has 1 N–H and O–H groups in total. The van der Waals surface area contributed by atoms with Crippen molar-refractivity contribution in [1.82, 2.24) is 29.7 Å². The second-order valence-corrected chi connectivity index (χ2v) is 8.36. The zero-order valence-corrected chi connectivity index (χ0v) is 16.2. The highest BCUT2D eigenvalue weighted by molar-refractivity contribution is 7.18. The van der Waals surface area contributed by atoms with Crippen molar-refractivity contribution in [2.24, 2.45) is 0 Å². The minimum atomic E-state index is 0.919. The first-order chi connectivity index (χ1) is 12.8. The van der Waals surface area contributed by atoms with Gasteiger partial charge in [-0.1, -0.05) is 0 Å². The van der Waals surface area contributed by atoms with E-state index in [0.717, 1.165) is 66.8 Å². The van der Waals surface area contributed by atoms with E-state index in [1.54, 1.807) is 22.7 Å². The number of nitrogens with one attached hydrogen (secondary N) is 1. The molecule has 1 saturated heterocycles. The van der Waals surface area contributed by atoms with Gasteiger partial charge in [0, 0.05) is 50.8 Å². The second kappa shape index (κ2) is 6.70. The van der Waals surface area contributed by atoms with Crippen LogP contribution < -0.4 is 5.32 Å². The fraction of sp³-hybridized carbons (Fsp3) is 0.389. The van der Waals surface area contributed by atoms with Crippen LogP contribution in [0.4, 0.5) is 0 Å². The van der Waals surface area contributed by atoms with Crippen molar-refractivity contribution in [3.8, 4) is 10.8 Å². The Balaban J connectivity index is 1.65. The van der Waals surface area contributed by atoms with E-state index >= 15 is 0 Å². The highest BCUT2D eigenvalue weighted by Crippen LogP contribution is 2.34. The summed E-state index contributed by atoms with van der Waals surface area (Å²) in [7, 11) is 0. The number of aromatic nitrogens is 4. The van der Waals surface area contributed by atoms with Gasteiger partial charge in [-0.2, -0.15) is 0 Å². The average Bonchev–Trinajstić information content (AvgIpc) is 3.39. The molecule has 5 rings (SSSR count). The number of nitrogens with zero attached hydrogens (tertiary/aromatic N) is 5. The zero-order valence-electron chi connectivity index (χ0n) is 14.6. The number of pyridine rings is 1. The van der Waals surface area contributed by atoms with Crippen molar-refractivity contribution in [3.05, 3.63) is 28.7 Å². The first-order valence-corrected chi connectivity index (χ1v) is 10.6. The summed E-state index contributed by atoms with van der Waals surface area (Å²) in [6.45, 7) is 8.35. The Morgan fingerprint density at radius 3 is 2.81 bits per heavy atom. The fourth-order valence-corrected chi connectivity index (χ4v) is 5.15. The second-order valence-electron chi connectivity index (χ2n) is 6.55. The molecule has 0 aromatic carbocycles. The Morgan fingerprint density at radius 2 is 2.00 bits per heavy atom. The third-order valence-corrected chi connectivity index (χ3v) is 6.61. The molecule has 0 spiro atoms. The number of aryl methyl sites for hydroxylation is 1. The maximum atomic E-state index is 4.97. The monoisotopic (exact) mass is 384 g/mol. The number of thiophene rings is 1. The van der Waals surface area contributed by atoms with Crippen molar-refractivity contribution in [3.63, 3.8) is 0 Å². The summed E-state index contributed by atoms with van der Waals surface area (Å²) in [5.41, 5.74) is 4.27. The van der Waals surface area contributed by atoms with E-state index in [0.29, 0.717) is 0 Å². The molecule has 0 radical (unpaired) electrons. The normalized spacial score (nSPS) is 16.0. The number of rotatable bonds is 4. The van der Waals surface area contributed by atoms with Gasteiger partial charge in [-0.25, -0.2) is 15.0 Å². The summed E-state index contributed by atoms with van der Waals surface area (Å²) < 4.78 is 3.59. The lowest BCUT2D eigenvalue weighted by molar-refractivity contribution is 0.233. The molecule has 6 nitrogen and oxygen atoms in total. The standard InChI is InChI=1S/C18H20N6S2/c1-12-14-15(16-13(21-12)2-10-25-16)24(9-8-23-6-3-19-4-7-23)17(22-14)18-20-5-11-26-18/h2,5,10-11,19H,3-4,6-9H2,1H3. The molecule has 0 atom stereocenters. The molecule has 1 fully saturated rings. The van der Waals surface area contributed by atoms with E-state index in [4.69, 9.17) is 9.97 Å². The molecule has 26 heavy (non-hydrogen) atoms. The zero-order chi connectivity index (χ0) is 17.5. The van der Waals surface area contributed by atoms with Crippen LogP contribution in [0.25, 0.3) is 32.1 Å². The van der Waals surface area contributed by atoms with Gasteiger partial charge < -0.3 is 9.88 Å². The van der Waals surface area contributed by atoms with E-state index < -0.39 is 0 Å². The van der Waals surface area contributed by atoms with Crippen LogP contribution in [0.5, 0.6) is 0 Å². The molecule has 0 aliphatic carbocycles. The van der Waals surface area contributed by atoms with Crippen molar-refractivity contribution < 1.29 is 0 Å². The molecular formula is C18H20N6S2. The Hall–Kier alpha value is -1.87. The van der Waals surface area contributed by atoms with Crippen LogP contribution in [-0.4, -0.2) is 57.1 Å². The van der Waals surface area contributed by atoms with Crippen LogP contribution in [0.15, 0.2) is 23.0 Å². The number of thiazole rings is 1. The van der Waals surface area contributed by atoms with E-state index in [1.807, 2.05) is 11.6 Å². The maximum Gasteiger partial charge on any atom is 0.170 e. The van der Waals surface area contributed by atoms with Crippen LogP contribution in [0, 0.1) is 6.92 Å². The molecule has 1 aliphatic heterocycles. The predicted octanol–water partition coefficient (Wildman–Crippen LogP) is 2.98. The molecule has 4 aromatic heterocycles. The van der Waals surface area contributed by atoms with Crippen molar-refractivity contribution in [2.45, 2.75) is 13.5 Å². The molecule has 0 amide bonds. The summed E-state index contributed by atoms with van der Waals surface area (Å²) in [4.78, 5) is 16.8. The number of fused-ring (bicyclic) bond motifs is 3. The third-order valence-electron chi connectivity index (χ3n) is 4.93. The topological polar surface area (TPSA) is 58.9 Å². The van der Waals surface area contributed by atoms with Gasteiger partial charge in [0.1, 0.15) is 5.52 Å². The van der Waals surface area contributed by atoms with E-state index in [1.165, 1.54) is 10.2 Å². The largest absolute Gasteiger partial charge is 0.319 e. The Morgan fingerprint density at radius 1 is 1.12 bits per heavy atom. The van der Waals surface area contributed by atoms with Gasteiger partial charge in [0.05, 0.1) is 21.4 Å². The molecule has 5 heterocycles. The van der Waals surface area contributed by atoms with Gasteiger partial charge in [0.15, 0.2) is 10.8 Å². The van der Waals surface area contributed by atoms with E-state index in [-0.39, 0.29) is 0 Å². The minimum absolute atomic E-state index is 0.919. The molecular weight excluding hydrogens is 364 g/mol. The van der Waals surface area contributed by atoms with Crippen molar-refractivity contribution in [2.75, 3.05) is 32.7 Å².